The number of fused-ring (bicyclic) bond motifs is 1. The summed E-state index contributed by atoms with van der Waals surface area (Å²) in [7, 11) is 0. The molecule has 2 aromatic carbocycles. The van der Waals surface area contributed by atoms with Crippen LogP contribution in [-0.2, 0) is 13.1 Å². The van der Waals surface area contributed by atoms with Gasteiger partial charge in [0.05, 0.1) is 30.6 Å². The lowest BCUT2D eigenvalue weighted by molar-refractivity contribution is 0.0749. The van der Waals surface area contributed by atoms with Crippen molar-refractivity contribution in [1.82, 2.24) is 19.2 Å². The van der Waals surface area contributed by atoms with Crippen molar-refractivity contribution >= 4 is 5.91 Å². The molecule has 0 unspecified atom stereocenters. The van der Waals surface area contributed by atoms with Crippen molar-refractivity contribution in [2.45, 2.75) is 46.9 Å². The van der Waals surface area contributed by atoms with E-state index in [-0.39, 0.29) is 12.0 Å². The first-order chi connectivity index (χ1) is 15.9. The number of ether oxygens (including phenoxy) is 1. The second kappa shape index (κ2) is 8.28. The summed E-state index contributed by atoms with van der Waals surface area (Å²) in [4.78, 5) is 15.1. The second-order valence-electron chi connectivity index (χ2n) is 8.89. The second-order valence-corrected chi connectivity index (χ2v) is 8.89. The molecular weight excluding hydrogens is 412 g/mol. The summed E-state index contributed by atoms with van der Waals surface area (Å²) >= 11 is 0. The molecule has 0 atom stereocenters. The molecule has 0 aliphatic carbocycles. The number of carbonyl (C=O) groups is 1. The number of hydrogen-bond acceptors (Lipinski definition) is 3. The van der Waals surface area contributed by atoms with Gasteiger partial charge in [-0.05, 0) is 75.7 Å². The Morgan fingerprint density at radius 3 is 2.39 bits per heavy atom. The fourth-order valence-corrected chi connectivity index (χ4v) is 4.43. The third-order valence-corrected chi connectivity index (χ3v) is 5.92. The molecule has 0 fully saturated rings. The van der Waals surface area contributed by atoms with Crippen molar-refractivity contribution in [2.75, 3.05) is 0 Å². The Hall–Kier alpha value is -3.80. The summed E-state index contributed by atoms with van der Waals surface area (Å²) < 4.78 is 9.80. The maximum atomic E-state index is 13.2. The first kappa shape index (κ1) is 21.1. The van der Waals surface area contributed by atoms with E-state index < -0.39 is 0 Å². The molecule has 5 rings (SSSR count). The molecule has 4 aromatic rings. The Labute approximate surface area is 194 Å². The van der Waals surface area contributed by atoms with Crippen LogP contribution in [0.25, 0.3) is 11.5 Å². The Morgan fingerprint density at radius 2 is 1.73 bits per heavy atom. The van der Waals surface area contributed by atoms with Crippen LogP contribution in [0.5, 0.6) is 5.75 Å². The summed E-state index contributed by atoms with van der Waals surface area (Å²) in [5.41, 5.74) is 6.12. The van der Waals surface area contributed by atoms with Crippen LogP contribution in [-0.4, -0.2) is 31.3 Å². The fourth-order valence-electron chi connectivity index (χ4n) is 4.43. The Bertz CT molecular complexity index is 1300. The highest BCUT2D eigenvalue weighted by Gasteiger charge is 2.32. The smallest absolute Gasteiger partial charge is 0.254 e. The predicted octanol–water partition coefficient (Wildman–Crippen LogP) is 5.22. The Balaban J connectivity index is 1.47. The topological polar surface area (TPSA) is 52.3 Å². The fraction of sp³-hybridized carbons (Fsp3) is 0.259. The average Bonchev–Trinajstić information content (AvgIpc) is 3.49. The summed E-state index contributed by atoms with van der Waals surface area (Å²) in [6.45, 7) is 9.19. The molecule has 0 N–H and O–H groups in total. The van der Waals surface area contributed by atoms with Crippen molar-refractivity contribution in [3.8, 4) is 17.3 Å². The standard InChI is InChI=1S/C27H28N4O2/c1-18(2)33-22-10-8-21(9-11-22)27(32)30-16-23-24(17-30)28-31(26(23)29-13-5-6-14-29)25-12-7-19(3)15-20(25)4/h5-15,18H,16-17H2,1-4H3. The van der Waals surface area contributed by atoms with Gasteiger partial charge in [0.25, 0.3) is 5.91 Å². The van der Waals surface area contributed by atoms with Crippen LogP contribution in [0, 0.1) is 13.8 Å². The minimum absolute atomic E-state index is 0.000574. The number of amides is 1. The third-order valence-electron chi connectivity index (χ3n) is 5.92. The van der Waals surface area contributed by atoms with Crippen molar-refractivity contribution in [3.63, 3.8) is 0 Å². The van der Waals surface area contributed by atoms with Crippen LogP contribution in [0.15, 0.2) is 67.0 Å². The monoisotopic (exact) mass is 440 g/mol. The summed E-state index contributed by atoms with van der Waals surface area (Å²) in [6, 6.07) is 17.8. The molecule has 0 saturated heterocycles. The molecular formula is C27H28N4O2. The SMILES string of the molecule is Cc1ccc(-n2nc3c(c2-n2cccc2)CN(C(=O)c2ccc(OC(C)C)cc2)C3)c(C)c1. The molecule has 2 aromatic heterocycles. The first-order valence-corrected chi connectivity index (χ1v) is 11.3. The van der Waals surface area contributed by atoms with Crippen molar-refractivity contribution in [3.05, 3.63) is 94.9 Å². The number of benzene rings is 2. The van der Waals surface area contributed by atoms with E-state index in [0.717, 1.165) is 28.5 Å². The van der Waals surface area contributed by atoms with Crippen LogP contribution < -0.4 is 4.74 Å². The largest absolute Gasteiger partial charge is 0.491 e. The molecule has 3 heterocycles. The molecule has 0 spiro atoms. The van der Waals surface area contributed by atoms with E-state index in [2.05, 4.69) is 36.6 Å². The maximum Gasteiger partial charge on any atom is 0.254 e. The zero-order valence-electron chi connectivity index (χ0n) is 19.4. The number of aryl methyl sites for hydroxylation is 2. The van der Waals surface area contributed by atoms with Crippen molar-refractivity contribution < 1.29 is 9.53 Å². The number of nitrogens with zero attached hydrogens (tertiary/aromatic N) is 4. The van der Waals surface area contributed by atoms with Gasteiger partial charge in [0.15, 0.2) is 0 Å². The van der Waals surface area contributed by atoms with Gasteiger partial charge in [-0.15, -0.1) is 0 Å². The molecule has 1 aliphatic rings. The van der Waals surface area contributed by atoms with Crippen molar-refractivity contribution in [1.29, 1.82) is 0 Å². The van der Waals surface area contributed by atoms with E-state index in [1.165, 1.54) is 11.1 Å². The molecule has 168 valence electrons. The lowest BCUT2D eigenvalue weighted by Gasteiger charge is -2.18. The summed E-state index contributed by atoms with van der Waals surface area (Å²) in [5, 5.41) is 4.96. The third kappa shape index (κ3) is 3.93. The van der Waals surface area contributed by atoms with Gasteiger partial charge in [-0.25, -0.2) is 4.68 Å². The number of rotatable bonds is 5. The van der Waals surface area contributed by atoms with E-state index >= 15 is 0 Å². The van der Waals surface area contributed by atoms with E-state index in [0.29, 0.717) is 18.7 Å². The predicted molar refractivity (Wildman–Crippen MR) is 128 cm³/mol. The quantitative estimate of drug-likeness (QED) is 0.427. The molecule has 0 bridgehead atoms. The van der Waals surface area contributed by atoms with Gasteiger partial charge >= 0.3 is 0 Å². The van der Waals surface area contributed by atoms with Crippen LogP contribution in [0.2, 0.25) is 0 Å². The van der Waals surface area contributed by atoms with Crippen LogP contribution in [0.1, 0.15) is 46.6 Å². The molecule has 0 saturated carbocycles. The van der Waals surface area contributed by atoms with E-state index in [9.17, 15) is 4.79 Å². The minimum atomic E-state index is 0.000574. The average molecular weight is 441 g/mol. The highest BCUT2D eigenvalue weighted by molar-refractivity contribution is 5.94. The number of aromatic nitrogens is 3. The van der Waals surface area contributed by atoms with Gasteiger partial charge in [-0.2, -0.15) is 5.10 Å². The molecule has 33 heavy (non-hydrogen) atoms. The highest BCUT2D eigenvalue weighted by atomic mass is 16.5. The van der Waals surface area contributed by atoms with Crippen molar-refractivity contribution in [2.24, 2.45) is 0 Å². The van der Waals surface area contributed by atoms with Gasteiger partial charge < -0.3 is 14.2 Å². The van der Waals surface area contributed by atoms with Gasteiger partial charge in [0.2, 0.25) is 0 Å². The molecule has 0 radical (unpaired) electrons. The van der Waals surface area contributed by atoms with Gasteiger partial charge in [0.1, 0.15) is 11.6 Å². The Morgan fingerprint density at radius 1 is 1.00 bits per heavy atom. The zero-order valence-corrected chi connectivity index (χ0v) is 19.4. The molecule has 6 nitrogen and oxygen atoms in total. The van der Waals surface area contributed by atoms with E-state index in [4.69, 9.17) is 9.84 Å². The number of hydrogen-bond donors (Lipinski definition) is 0. The van der Waals surface area contributed by atoms with Crippen LogP contribution in [0.4, 0.5) is 0 Å². The zero-order chi connectivity index (χ0) is 23.1. The number of carbonyl (C=O) groups excluding carboxylic acids is 1. The normalized spacial score (nSPS) is 12.9. The van der Waals surface area contributed by atoms with Gasteiger partial charge in [-0.1, -0.05) is 17.7 Å². The summed E-state index contributed by atoms with van der Waals surface area (Å²) in [6.07, 6.45) is 4.14. The van der Waals surface area contributed by atoms with E-state index in [1.54, 1.807) is 0 Å². The first-order valence-electron chi connectivity index (χ1n) is 11.3. The highest BCUT2D eigenvalue weighted by Crippen LogP contribution is 2.32. The van der Waals surface area contributed by atoms with Gasteiger partial charge in [-0.3, -0.25) is 4.79 Å². The lowest BCUT2D eigenvalue weighted by Crippen LogP contribution is -2.26. The van der Waals surface area contributed by atoms with Gasteiger partial charge in [0, 0.05) is 23.5 Å². The van der Waals surface area contributed by atoms with E-state index in [1.807, 2.05) is 72.2 Å². The molecule has 1 amide bonds. The summed E-state index contributed by atoms with van der Waals surface area (Å²) in [5.74, 6) is 1.75. The maximum absolute atomic E-state index is 13.2. The Kier molecular flexibility index (Phi) is 5.29. The molecule has 6 heteroatoms. The lowest BCUT2D eigenvalue weighted by atomic mass is 10.1. The van der Waals surface area contributed by atoms with Crippen LogP contribution >= 0.6 is 0 Å². The molecule has 1 aliphatic heterocycles. The van der Waals surface area contributed by atoms with Crippen LogP contribution in [0.3, 0.4) is 0 Å². The minimum Gasteiger partial charge on any atom is -0.491 e.